The van der Waals surface area contributed by atoms with Crippen LogP contribution in [-0.2, 0) is 9.47 Å². The lowest BCUT2D eigenvalue weighted by Crippen LogP contribution is -2.40. The highest BCUT2D eigenvalue weighted by Gasteiger charge is 2.14. The Bertz CT molecular complexity index is 308. The van der Waals surface area contributed by atoms with E-state index in [-0.39, 0.29) is 24.0 Å². The summed E-state index contributed by atoms with van der Waals surface area (Å²) in [4.78, 5) is 6.44. The lowest BCUT2D eigenvalue weighted by Gasteiger charge is -2.21. The van der Waals surface area contributed by atoms with Gasteiger partial charge in [0.1, 0.15) is 0 Å². The average molecular weight is 425 g/mol. The zero-order valence-electron chi connectivity index (χ0n) is 14.1. The van der Waals surface area contributed by atoms with Crippen LogP contribution in [0.1, 0.15) is 32.1 Å². The Morgan fingerprint density at radius 1 is 1.50 bits per heavy atom. The molecule has 22 heavy (non-hydrogen) atoms. The van der Waals surface area contributed by atoms with Gasteiger partial charge in [-0.2, -0.15) is 0 Å². The number of nitrogens with one attached hydrogen (secondary N) is 1. The summed E-state index contributed by atoms with van der Waals surface area (Å²) in [6, 6.07) is 0. The van der Waals surface area contributed by atoms with E-state index in [1.165, 1.54) is 6.42 Å². The van der Waals surface area contributed by atoms with Gasteiger partial charge in [-0.05, 0) is 32.1 Å². The number of allylic oxidation sites excluding steroid dienone is 1. The summed E-state index contributed by atoms with van der Waals surface area (Å²) in [6.45, 7) is 8.00. The number of guanidine groups is 1. The van der Waals surface area contributed by atoms with Crippen LogP contribution in [0.3, 0.4) is 0 Å². The summed E-state index contributed by atoms with van der Waals surface area (Å²) in [6.07, 6.45) is 7.71. The lowest BCUT2D eigenvalue weighted by atomic mass is 10.2. The van der Waals surface area contributed by atoms with Crippen molar-refractivity contribution in [1.82, 2.24) is 10.2 Å². The van der Waals surface area contributed by atoms with E-state index in [2.05, 4.69) is 28.8 Å². The van der Waals surface area contributed by atoms with E-state index in [0.717, 1.165) is 64.6 Å². The van der Waals surface area contributed by atoms with Crippen LogP contribution in [0, 0.1) is 0 Å². The molecule has 0 bridgehead atoms. The van der Waals surface area contributed by atoms with Crippen LogP contribution in [0.5, 0.6) is 0 Å². The van der Waals surface area contributed by atoms with Crippen molar-refractivity contribution in [1.29, 1.82) is 0 Å². The smallest absolute Gasteiger partial charge is 0.193 e. The fourth-order valence-electron chi connectivity index (χ4n) is 2.33. The fraction of sp³-hybridized carbons (Fsp3) is 0.812. The van der Waals surface area contributed by atoms with Gasteiger partial charge in [-0.25, -0.2) is 0 Å². The standard InChI is InChI=1S/C16H31N3O2.HI/c1-4-5-6-11-19(3)16(17-2)18-10-8-12-20-14-15-9-7-13-21-15;/h4,15H,1,5-14H2,2-3H3,(H,17,18);1H. The molecule has 1 saturated heterocycles. The normalized spacial score (nSPS) is 17.9. The van der Waals surface area contributed by atoms with E-state index < -0.39 is 0 Å². The molecule has 0 aliphatic carbocycles. The summed E-state index contributed by atoms with van der Waals surface area (Å²) in [5.41, 5.74) is 0. The van der Waals surface area contributed by atoms with E-state index in [1.54, 1.807) is 0 Å². The quantitative estimate of drug-likeness (QED) is 0.192. The fourth-order valence-corrected chi connectivity index (χ4v) is 2.33. The van der Waals surface area contributed by atoms with Crippen LogP contribution in [0.25, 0.3) is 0 Å². The number of aliphatic imine (C=N–C) groups is 1. The summed E-state index contributed by atoms with van der Waals surface area (Å²) in [7, 11) is 3.88. The number of nitrogens with zero attached hydrogens (tertiary/aromatic N) is 2. The highest BCUT2D eigenvalue weighted by atomic mass is 127. The maximum absolute atomic E-state index is 5.64. The van der Waals surface area contributed by atoms with Gasteiger partial charge < -0.3 is 19.7 Å². The van der Waals surface area contributed by atoms with Crippen LogP contribution >= 0.6 is 24.0 Å². The Morgan fingerprint density at radius 3 is 2.95 bits per heavy atom. The Morgan fingerprint density at radius 2 is 2.32 bits per heavy atom. The van der Waals surface area contributed by atoms with Crippen LogP contribution in [0.15, 0.2) is 17.6 Å². The van der Waals surface area contributed by atoms with Gasteiger partial charge in [0.05, 0.1) is 12.7 Å². The first-order valence-corrected chi connectivity index (χ1v) is 8.00. The number of ether oxygens (including phenoxy) is 2. The molecule has 1 aliphatic heterocycles. The Labute approximate surface area is 152 Å². The molecule has 6 heteroatoms. The molecule has 0 radical (unpaired) electrons. The maximum Gasteiger partial charge on any atom is 0.193 e. The maximum atomic E-state index is 5.64. The van der Waals surface area contributed by atoms with Crippen molar-refractivity contribution in [3.63, 3.8) is 0 Å². The highest BCUT2D eigenvalue weighted by Crippen LogP contribution is 2.11. The van der Waals surface area contributed by atoms with E-state index in [4.69, 9.17) is 9.47 Å². The number of unbranched alkanes of at least 4 members (excludes halogenated alkanes) is 1. The summed E-state index contributed by atoms with van der Waals surface area (Å²) in [5, 5.41) is 3.36. The minimum absolute atomic E-state index is 0. The monoisotopic (exact) mass is 425 g/mol. The predicted molar refractivity (Wildman–Crippen MR) is 103 cm³/mol. The molecule has 0 aromatic heterocycles. The van der Waals surface area contributed by atoms with Crippen molar-refractivity contribution < 1.29 is 9.47 Å². The third-order valence-electron chi connectivity index (χ3n) is 3.55. The second kappa shape index (κ2) is 14.3. The zero-order chi connectivity index (χ0) is 15.3. The first kappa shape index (κ1) is 21.7. The highest BCUT2D eigenvalue weighted by molar-refractivity contribution is 14.0. The molecule has 1 atom stereocenters. The Hall–Kier alpha value is -0.340. The van der Waals surface area contributed by atoms with Gasteiger partial charge in [0.2, 0.25) is 0 Å². The lowest BCUT2D eigenvalue weighted by molar-refractivity contribution is 0.0168. The molecular formula is C16H32IN3O2. The molecule has 1 N–H and O–H groups in total. The van der Waals surface area contributed by atoms with Crippen LogP contribution in [0.4, 0.5) is 0 Å². The van der Waals surface area contributed by atoms with Crippen molar-refractivity contribution in [2.24, 2.45) is 4.99 Å². The van der Waals surface area contributed by atoms with Crippen molar-refractivity contribution >= 4 is 29.9 Å². The van der Waals surface area contributed by atoms with Gasteiger partial charge in [0, 0.05) is 40.4 Å². The molecule has 1 aliphatic rings. The topological polar surface area (TPSA) is 46.1 Å². The van der Waals surface area contributed by atoms with Gasteiger partial charge in [0.15, 0.2) is 5.96 Å². The third-order valence-corrected chi connectivity index (χ3v) is 3.55. The number of rotatable bonds is 10. The Balaban J connectivity index is 0.00000441. The van der Waals surface area contributed by atoms with Crippen molar-refractivity contribution in [3.8, 4) is 0 Å². The van der Waals surface area contributed by atoms with Crippen LogP contribution < -0.4 is 5.32 Å². The Kier molecular flexibility index (Phi) is 14.0. The largest absolute Gasteiger partial charge is 0.379 e. The molecule has 1 unspecified atom stereocenters. The molecule has 0 spiro atoms. The first-order chi connectivity index (χ1) is 10.3. The second-order valence-corrected chi connectivity index (χ2v) is 5.39. The molecule has 0 saturated carbocycles. The van der Waals surface area contributed by atoms with Crippen LogP contribution in [-0.4, -0.2) is 64.0 Å². The van der Waals surface area contributed by atoms with Gasteiger partial charge in [-0.1, -0.05) is 6.08 Å². The first-order valence-electron chi connectivity index (χ1n) is 8.00. The van der Waals surface area contributed by atoms with E-state index in [1.807, 2.05) is 13.1 Å². The van der Waals surface area contributed by atoms with E-state index in [0.29, 0.717) is 6.10 Å². The van der Waals surface area contributed by atoms with Gasteiger partial charge >= 0.3 is 0 Å². The minimum atomic E-state index is 0. The second-order valence-electron chi connectivity index (χ2n) is 5.39. The number of halogens is 1. The van der Waals surface area contributed by atoms with Gasteiger partial charge in [-0.3, -0.25) is 4.99 Å². The van der Waals surface area contributed by atoms with Crippen molar-refractivity contribution in [2.45, 2.75) is 38.2 Å². The van der Waals surface area contributed by atoms with Crippen molar-refractivity contribution in [2.75, 3.05) is 47.0 Å². The molecular weight excluding hydrogens is 393 g/mol. The predicted octanol–water partition coefficient (Wildman–Crippen LogP) is 2.66. The minimum Gasteiger partial charge on any atom is -0.379 e. The average Bonchev–Trinajstić information content (AvgIpc) is 3.00. The van der Waals surface area contributed by atoms with E-state index >= 15 is 0 Å². The van der Waals surface area contributed by atoms with Gasteiger partial charge in [-0.15, -0.1) is 30.6 Å². The van der Waals surface area contributed by atoms with Crippen molar-refractivity contribution in [3.05, 3.63) is 12.7 Å². The molecule has 1 fully saturated rings. The molecule has 0 aromatic rings. The molecule has 1 rings (SSSR count). The SMILES string of the molecule is C=CCCCN(C)C(=NC)NCCCOCC1CCCO1.I. The molecule has 0 aromatic carbocycles. The molecule has 5 nitrogen and oxygen atoms in total. The summed E-state index contributed by atoms with van der Waals surface area (Å²) >= 11 is 0. The molecule has 0 amide bonds. The number of hydrogen-bond donors (Lipinski definition) is 1. The van der Waals surface area contributed by atoms with Crippen LogP contribution in [0.2, 0.25) is 0 Å². The summed E-state index contributed by atoms with van der Waals surface area (Å²) < 4.78 is 11.2. The zero-order valence-corrected chi connectivity index (χ0v) is 16.4. The van der Waals surface area contributed by atoms with Gasteiger partial charge in [0.25, 0.3) is 0 Å². The third kappa shape index (κ3) is 9.63. The summed E-state index contributed by atoms with van der Waals surface area (Å²) in [5.74, 6) is 0.943. The number of hydrogen-bond acceptors (Lipinski definition) is 3. The molecule has 1 heterocycles. The molecule has 130 valence electrons. The van der Waals surface area contributed by atoms with E-state index in [9.17, 15) is 0 Å².